The highest BCUT2D eigenvalue weighted by Crippen LogP contribution is 2.26. The van der Waals surface area contributed by atoms with Gasteiger partial charge in [0.25, 0.3) is 11.8 Å². The molecule has 3 heterocycles. The molecule has 0 unspecified atom stereocenters. The van der Waals surface area contributed by atoms with E-state index in [1.165, 1.54) is 6.42 Å². The number of aryl methyl sites for hydroxylation is 1. The van der Waals surface area contributed by atoms with Crippen molar-refractivity contribution in [3.63, 3.8) is 0 Å². The van der Waals surface area contributed by atoms with E-state index in [0.717, 1.165) is 31.2 Å². The van der Waals surface area contributed by atoms with Crippen LogP contribution in [0.2, 0.25) is 0 Å². The minimum atomic E-state index is -0.819. The van der Waals surface area contributed by atoms with Crippen molar-refractivity contribution in [3.05, 3.63) is 35.0 Å². The Morgan fingerprint density at radius 1 is 1.14 bits per heavy atom. The highest BCUT2D eigenvalue weighted by Gasteiger charge is 2.30. The molecular weight excluding hydrogens is 476 g/mol. The third kappa shape index (κ3) is 5.55. The first-order chi connectivity index (χ1) is 17.9. The number of nitrogens with one attached hydrogen (secondary N) is 4. The minimum absolute atomic E-state index is 0.117. The number of nitrogens with zero attached hydrogens (tertiary/aromatic N) is 2. The lowest BCUT2D eigenvalue weighted by molar-refractivity contribution is -0.148. The van der Waals surface area contributed by atoms with Crippen molar-refractivity contribution < 1.29 is 23.9 Å². The number of fused-ring (bicyclic) bond motifs is 1. The Kier molecular flexibility index (Phi) is 7.02. The molecule has 1 saturated heterocycles. The highest BCUT2D eigenvalue weighted by molar-refractivity contribution is 6.01. The molecule has 11 nitrogen and oxygen atoms in total. The van der Waals surface area contributed by atoms with Crippen LogP contribution in [0.3, 0.4) is 0 Å². The van der Waals surface area contributed by atoms with Crippen LogP contribution in [0.1, 0.15) is 66.6 Å². The Morgan fingerprint density at radius 3 is 2.70 bits per heavy atom. The average Bonchev–Trinajstić information content (AvgIpc) is 3.60. The molecule has 2 amide bonds. The molecule has 0 bridgehead atoms. The van der Waals surface area contributed by atoms with Crippen molar-refractivity contribution in [1.29, 1.82) is 0 Å². The predicted molar refractivity (Wildman–Crippen MR) is 134 cm³/mol. The number of H-pyrrole nitrogens is 2. The van der Waals surface area contributed by atoms with Gasteiger partial charge >= 0.3 is 5.97 Å². The number of ketones is 1. The number of rotatable bonds is 8. The molecule has 4 N–H and O–H groups in total. The van der Waals surface area contributed by atoms with E-state index in [-0.39, 0.29) is 37.1 Å². The van der Waals surface area contributed by atoms with Gasteiger partial charge in [-0.15, -0.1) is 0 Å². The standard InChI is InChI=1S/C26H30N6O5/c1-14-22(26(36)28-16-5-3-2-4-6-16)23(32-31-14)24-29-18-8-7-15(12-19(18)30-24)11-17(33)13-27-25(35)20-9-10-21(34)37-20/h7-8,12,16,20H,2-6,9-11,13H2,1H3,(H,27,35)(H,28,36)(H,29,30)(H,31,32)/t20-/m1/s1. The number of amides is 2. The van der Waals surface area contributed by atoms with Crippen LogP contribution in [0.4, 0.5) is 0 Å². The monoisotopic (exact) mass is 506 g/mol. The van der Waals surface area contributed by atoms with Gasteiger partial charge in [0.2, 0.25) is 0 Å². The van der Waals surface area contributed by atoms with Gasteiger partial charge in [0.05, 0.1) is 23.1 Å². The summed E-state index contributed by atoms with van der Waals surface area (Å²) >= 11 is 0. The second-order valence-electron chi connectivity index (χ2n) is 9.77. The highest BCUT2D eigenvalue weighted by atomic mass is 16.6. The number of imidazole rings is 1. The molecule has 0 spiro atoms. The summed E-state index contributed by atoms with van der Waals surface area (Å²) in [4.78, 5) is 56.6. The molecule has 3 aromatic rings. The summed E-state index contributed by atoms with van der Waals surface area (Å²) in [5, 5.41) is 12.9. The van der Waals surface area contributed by atoms with Crippen molar-refractivity contribution in [2.75, 3.05) is 6.54 Å². The Bertz CT molecular complexity index is 1350. The second-order valence-corrected chi connectivity index (χ2v) is 9.77. The Balaban J connectivity index is 1.25. The summed E-state index contributed by atoms with van der Waals surface area (Å²) in [5.74, 6) is -0.725. The summed E-state index contributed by atoms with van der Waals surface area (Å²) in [6.45, 7) is 1.67. The molecule has 1 saturated carbocycles. The van der Waals surface area contributed by atoms with Crippen LogP contribution >= 0.6 is 0 Å². The molecule has 1 aliphatic carbocycles. The fourth-order valence-electron chi connectivity index (χ4n) is 4.96. The van der Waals surface area contributed by atoms with Gasteiger partial charge in [-0.1, -0.05) is 25.3 Å². The molecule has 0 radical (unpaired) electrons. The fraction of sp³-hybridized carbons (Fsp3) is 0.462. The second kappa shape index (κ2) is 10.5. The van der Waals surface area contributed by atoms with Gasteiger partial charge in [0.1, 0.15) is 5.69 Å². The molecule has 1 atom stereocenters. The zero-order valence-electron chi connectivity index (χ0n) is 20.7. The fourth-order valence-corrected chi connectivity index (χ4v) is 4.96. The lowest BCUT2D eigenvalue weighted by Gasteiger charge is -2.22. The van der Waals surface area contributed by atoms with E-state index in [9.17, 15) is 19.2 Å². The van der Waals surface area contributed by atoms with Crippen molar-refractivity contribution in [1.82, 2.24) is 30.8 Å². The third-order valence-electron chi connectivity index (χ3n) is 6.92. The summed E-state index contributed by atoms with van der Waals surface area (Å²) in [6.07, 6.45) is 5.27. The van der Waals surface area contributed by atoms with E-state index in [4.69, 9.17) is 4.74 Å². The van der Waals surface area contributed by atoms with Crippen LogP contribution in [0.25, 0.3) is 22.6 Å². The topological polar surface area (TPSA) is 159 Å². The maximum absolute atomic E-state index is 13.1. The number of benzene rings is 1. The van der Waals surface area contributed by atoms with Crippen molar-refractivity contribution >= 4 is 34.6 Å². The number of aromatic nitrogens is 4. The zero-order chi connectivity index (χ0) is 25.9. The summed E-state index contributed by atoms with van der Waals surface area (Å²) in [5.41, 5.74) is 3.74. The number of hydrogen-bond acceptors (Lipinski definition) is 7. The number of esters is 1. The smallest absolute Gasteiger partial charge is 0.306 e. The molecule has 5 rings (SSSR count). The van der Waals surface area contributed by atoms with Crippen LogP contribution in [-0.4, -0.2) is 62.4 Å². The normalized spacial score (nSPS) is 18.1. The number of Topliss-reactive ketones (excluding diaryl/α,β-unsaturated/α-hetero) is 1. The predicted octanol–water partition coefficient (Wildman–Crippen LogP) is 2.26. The average molecular weight is 507 g/mol. The first-order valence-corrected chi connectivity index (χ1v) is 12.7. The van der Waals surface area contributed by atoms with Gasteiger partial charge in [-0.2, -0.15) is 5.10 Å². The molecule has 1 aromatic carbocycles. The number of carbonyl (C=O) groups excluding carboxylic acids is 4. The van der Waals surface area contributed by atoms with E-state index in [2.05, 4.69) is 30.8 Å². The maximum atomic E-state index is 13.1. The first-order valence-electron chi connectivity index (χ1n) is 12.7. The number of carbonyl (C=O) groups is 4. The molecule has 2 aliphatic rings. The maximum Gasteiger partial charge on any atom is 0.306 e. The van der Waals surface area contributed by atoms with E-state index in [1.54, 1.807) is 12.1 Å². The van der Waals surface area contributed by atoms with E-state index in [1.807, 2.05) is 13.0 Å². The summed E-state index contributed by atoms with van der Waals surface area (Å²) < 4.78 is 4.92. The van der Waals surface area contributed by atoms with Crippen molar-refractivity contribution in [2.24, 2.45) is 0 Å². The number of hydrogen-bond donors (Lipinski definition) is 4. The van der Waals surface area contributed by atoms with Crippen LogP contribution in [0.15, 0.2) is 18.2 Å². The van der Waals surface area contributed by atoms with Gasteiger partial charge < -0.3 is 20.4 Å². The van der Waals surface area contributed by atoms with Crippen LogP contribution in [-0.2, 0) is 25.5 Å². The molecule has 2 fully saturated rings. The van der Waals surface area contributed by atoms with Gasteiger partial charge in [0, 0.05) is 31.0 Å². The number of ether oxygens (including phenoxy) is 1. The first kappa shape index (κ1) is 24.7. The molecule has 2 aromatic heterocycles. The Morgan fingerprint density at radius 2 is 1.95 bits per heavy atom. The molecular formula is C26H30N6O5. The lowest BCUT2D eigenvalue weighted by atomic mass is 9.95. The van der Waals surface area contributed by atoms with Crippen molar-refractivity contribution in [2.45, 2.75) is 70.4 Å². The lowest BCUT2D eigenvalue weighted by Crippen LogP contribution is -2.38. The molecule has 37 heavy (non-hydrogen) atoms. The largest absolute Gasteiger partial charge is 0.452 e. The SMILES string of the molecule is Cc1[nH]nc(-c2nc3ccc(CC(=O)CNC(=O)[C@H]4CCC(=O)O4)cc3[nH]2)c1C(=O)NC1CCCCC1. The van der Waals surface area contributed by atoms with Gasteiger partial charge in [-0.25, -0.2) is 4.98 Å². The van der Waals surface area contributed by atoms with E-state index in [0.29, 0.717) is 40.2 Å². The van der Waals surface area contributed by atoms with Crippen LogP contribution in [0, 0.1) is 6.92 Å². The number of cyclic esters (lactones) is 1. The van der Waals surface area contributed by atoms with E-state index >= 15 is 0 Å². The van der Waals surface area contributed by atoms with Gasteiger partial charge in [-0.3, -0.25) is 24.3 Å². The molecule has 11 heteroatoms. The molecule has 194 valence electrons. The van der Waals surface area contributed by atoms with Crippen LogP contribution in [0.5, 0.6) is 0 Å². The quantitative estimate of drug-likeness (QED) is 0.341. The third-order valence-corrected chi connectivity index (χ3v) is 6.92. The summed E-state index contributed by atoms with van der Waals surface area (Å²) in [6, 6.07) is 5.61. The Labute approximate surface area is 213 Å². The van der Waals surface area contributed by atoms with Crippen molar-refractivity contribution in [3.8, 4) is 11.5 Å². The van der Waals surface area contributed by atoms with Crippen LogP contribution < -0.4 is 10.6 Å². The zero-order valence-corrected chi connectivity index (χ0v) is 20.7. The molecule has 1 aliphatic heterocycles. The summed E-state index contributed by atoms with van der Waals surface area (Å²) in [7, 11) is 0. The van der Waals surface area contributed by atoms with E-state index < -0.39 is 18.0 Å². The van der Waals surface area contributed by atoms with Gasteiger partial charge in [-0.05, 0) is 37.5 Å². The Hall–Kier alpha value is -4.02. The number of aromatic amines is 2. The van der Waals surface area contributed by atoms with Gasteiger partial charge in [0.15, 0.2) is 17.7 Å². The minimum Gasteiger partial charge on any atom is -0.452 e.